The third kappa shape index (κ3) is 7.58. The Labute approximate surface area is 223 Å². The summed E-state index contributed by atoms with van der Waals surface area (Å²) >= 11 is 0. The zero-order valence-corrected chi connectivity index (χ0v) is 22.1. The van der Waals surface area contributed by atoms with Gasteiger partial charge in [0.05, 0.1) is 30.9 Å². The lowest BCUT2D eigenvalue weighted by Gasteiger charge is -2.19. The molecule has 3 aromatic rings. The number of ether oxygens (including phenoxy) is 2. The molecule has 1 atom stereocenters. The number of rotatable bonds is 11. The fourth-order valence-electron chi connectivity index (χ4n) is 3.79. The standard InChI is InChI=1S/C30H33N3O5/c1-20(2)38-28-14-12-23(17-26(28)31-3)29(35)32-24(18-34)15-22-11-13-27(25(16-22)30(36)33(4)5)37-19-21-9-7-6-8-10-21/h6-14,16-17,20,24,34H,15,18-19H2,1-2,4-5H3,(H,32,35). The summed E-state index contributed by atoms with van der Waals surface area (Å²) in [5.74, 6) is 0.238. The molecule has 8 heteroatoms. The van der Waals surface area contributed by atoms with Gasteiger partial charge in [0.15, 0.2) is 0 Å². The van der Waals surface area contributed by atoms with Gasteiger partial charge >= 0.3 is 0 Å². The molecule has 0 aliphatic heterocycles. The van der Waals surface area contributed by atoms with E-state index in [0.717, 1.165) is 11.1 Å². The lowest BCUT2D eigenvalue weighted by atomic mass is 10.0. The maximum atomic E-state index is 12.9. The minimum Gasteiger partial charge on any atom is -0.502 e. The average Bonchev–Trinajstić information content (AvgIpc) is 2.91. The van der Waals surface area contributed by atoms with Crippen molar-refractivity contribution in [2.24, 2.45) is 0 Å². The fourth-order valence-corrected chi connectivity index (χ4v) is 3.79. The molecule has 0 saturated heterocycles. The first kappa shape index (κ1) is 28.2. The Balaban J connectivity index is 1.76. The normalized spacial score (nSPS) is 11.4. The van der Waals surface area contributed by atoms with Gasteiger partial charge in [-0.15, -0.1) is 0 Å². The second kappa shape index (κ2) is 13.3. The molecule has 198 valence electrons. The van der Waals surface area contributed by atoms with E-state index in [1.807, 2.05) is 50.2 Å². The van der Waals surface area contributed by atoms with Crippen LogP contribution in [0, 0.1) is 6.57 Å². The van der Waals surface area contributed by atoms with Crippen molar-refractivity contribution in [3.8, 4) is 11.5 Å². The van der Waals surface area contributed by atoms with Crippen LogP contribution in [-0.4, -0.2) is 54.7 Å². The number of carbonyl (C=O) groups is 2. The van der Waals surface area contributed by atoms with E-state index in [1.54, 1.807) is 38.4 Å². The highest BCUT2D eigenvalue weighted by Gasteiger charge is 2.19. The maximum Gasteiger partial charge on any atom is 0.257 e. The molecule has 0 bridgehead atoms. The third-order valence-corrected chi connectivity index (χ3v) is 5.66. The largest absolute Gasteiger partial charge is 0.502 e. The predicted molar refractivity (Wildman–Crippen MR) is 146 cm³/mol. The first-order chi connectivity index (χ1) is 18.2. The van der Waals surface area contributed by atoms with Crippen LogP contribution in [0.25, 0.3) is 4.85 Å². The average molecular weight is 516 g/mol. The van der Waals surface area contributed by atoms with E-state index >= 15 is 0 Å². The topological polar surface area (TPSA) is 92.5 Å². The van der Waals surface area contributed by atoms with Crippen LogP contribution in [0.3, 0.4) is 0 Å². The monoisotopic (exact) mass is 515 g/mol. The molecule has 0 fully saturated rings. The number of benzene rings is 3. The fraction of sp³-hybridized carbons (Fsp3) is 0.300. The van der Waals surface area contributed by atoms with Gasteiger partial charge in [-0.05, 0) is 61.7 Å². The highest BCUT2D eigenvalue weighted by molar-refractivity contribution is 5.97. The lowest BCUT2D eigenvalue weighted by molar-refractivity contribution is 0.0821. The number of aliphatic hydroxyl groups is 1. The van der Waals surface area contributed by atoms with Crippen molar-refractivity contribution >= 4 is 17.5 Å². The van der Waals surface area contributed by atoms with E-state index in [1.165, 1.54) is 11.0 Å². The summed E-state index contributed by atoms with van der Waals surface area (Å²) in [7, 11) is 3.34. The Morgan fingerprint density at radius 1 is 1.00 bits per heavy atom. The number of hydrogen-bond acceptors (Lipinski definition) is 5. The van der Waals surface area contributed by atoms with Crippen molar-refractivity contribution < 1.29 is 24.2 Å². The van der Waals surface area contributed by atoms with E-state index in [-0.39, 0.29) is 24.3 Å². The lowest BCUT2D eigenvalue weighted by Crippen LogP contribution is -2.39. The summed E-state index contributed by atoms with van der Waals surface area (Å²) in [6, 6.07) is 19.0. The smallest absolute Gasteiger partial charge is 0.257 e. The number of hydrogen-bond donors (Lipinski definition) is 2. The zero-order valence-electron chi connectivity index (χ0n) is 22.1. The first-order valence-electron chi connectivity index (χ1n) is 12.3. The summed E-state index contributed by atoms with van der Waals surface area (Å²) in [5.41, 5.74) is 2.66. The van der Waals surface area contributed by atoms with Gasteiger partial charge in [0.25, 0.3) is 5.91 Å². The van der Waals surface area contributed by atoms with Crippen LogP contribution in [0.1, 0.15) is 45.7 Å². The van der Waals surface area contributed by atoms with Gasteiger partial charge in [-0.1, -0.05) is 36.4 Å². The van der Waals surface area contributed by atoms with Gasteiger partial charge in [-0.2, -0.15) is 0 Å². The summed E-state index contributed by atoms with van der Waals surface area (Å²) in [4.78, 5) is 30.7. The number of nitrogens with zero attached hydrogens (tertiary/aromatic N) is 2. The first-order valence-corrected chi connectivity index (χ1v) is 12.3. The van der Waals surface area contributed by atoms with E-state index in [4.69, 9.17) is 16.0 Å². The molecule has 1 unspecified atom stereocenters. The molecule has 0 spiro atoms. The number of amides is 2. The quantitative estimate of drug-likeness (QED) is 0.363. The summed E-state index contributed by atoms with van der Waals surface area (Å²) in [5, 5.41) is 12.8. The molecule has 38 heavy (non-hydrogen) atoms. The minimum absolute atomic E-state index is 0.103. The second-order valence-electron chi connectivity index (χ2n) is 9.32. The van der Waals surface area contributed by atoms with Crippen LogP contribution in [-0.2, 0) is 13.0 Å². The van der Waals surface area contributed by atoms with E-state index in [0.29, 0.717) is 35.7 Å². The van der Waals surface area contributed by atoms with Gasteiger partial charge in [0, 0.05) is 19.7 Å². The molecule has 8 nitrogen and oxygen atoms in total. The molecule has 3 rings (SSSR count). The van der Waals surface area contributed by atoms with Crippen molar-refractivity contribution in [2.45, 2.75) is 39.0 Å². The number of carbonyl (C=O) groups excluding carboxylic acids is 2. The molecule has 0 saturated carbocycles. The van der Waals surface area contributed by atoms with Crippen molar-refractivity contribution in [3.63, 3.8) is 0 Å². The van der Waals surface area contributed by atoms with Crippen molar-refractivity contribution in [3.05, 3.63) is 100 Å². The molecular weight excluding hydrogens is 482 g/mol. The minimum atomic E-state index is -0.608. The van der Waals surface area contributed by atoms with Crippen LogP contribution in [0.2, 0.25) is 0 Å². The zero-order chi connectivity index (χ0) is 27.7. The predicted octanol–water partition coefficient (Wildman–Crippen LogP) is 4.64. The van der Waals surface area contributed by atoms with E-state index in [9.17, 15) is 14.7 Å². The molecule has 0 aromatic heterocycles. The molecule has 0 radical (unpaired) electrons. The Hall–Kier alpha value is -4.35. The third-order valence-electron chi connectivity index (χ3n) is 5.66. The number of nitrogens with one attached hydrogen (secondary N) is 1. The van der Waals surface area contributed by atoms with Crippen LogP contribution in [0.5, 0.6) is 11.5 Å². The molecule has 2 amide bonds. The molecule has 3 aromatic carbocycles. The Kier molecular flexibility index (Phi) is 9.85. The highest BCUT2D eigenvalue weighted by atomic mass is 16.5. The van der Waals surface area contributed by atoms with Crippen LogP contribution >= 0.6 is 0 Å². The van der Waals surface area contributed by atoms with Crippen molar-refractivity contribution in [2.75, 3.05) is 20.7 Å². The molecular formula is C30H33N3O5. The van der Waals surface area contributed by atoms with E-state index in [2.05, 4.69) is 10.2 Å². The van der Waals surface area contributed by atoms with Crippen LogP contribution in [0.4, 0.5) is 5.69 Å². The Bertz CT molecular complexity index is 1300. The molecule has 0 heterocycles. The Morgan fingerprint density at radius 3 is 2.34 bits per heavy atom. The van der Waals surface area contributed by atoms with Gasteiger partial charge in [0.1, 0.15) is 18.1 Å². The van der Waals surface area contributed by atoms with Crippen molar-refractivity contribution in [1.82, 2.24) is 10.2 Å². The summed E-state index contributed by atoms with van der Waals surface area (Å²) in [6.45, 7) is 11.1. The van der Waals surface area contributed by atoms with Gasteiger partial charge in [0.2, 0.25) is 11.6 Å². The molecule has 2 N–H and O–H groups in total. The van der Waals surface area contributed by atoms with Crippen LogP contribution < -0.4 is 14.8 Å². The van der Waals surface area contributed by atoms with E-state index < -0.39 is 11.9 Å². The maximum absolute atomic E-state index is 12.9. The van der Waals surface area contributed by atoms with Crippen LogP contribution in [0.15, 0.2) is 66.7 Å². The van der Waals surface area contributed by atoms with Crippen molar-refractivity contribution in [1.29, 1.82) is 0 Å². The highest BCUT2D eigenvalue weighted by Crippen LogP contribution is 2.30. The van der Waals surface area contributed by atoms with Gasteiger partial charge < -0.3 is 24.8 Å². The van der Waals surface area contributed by atoms with Gasteiger partial charge in [-0.25, -0.2) is 4.85 Å². The molecule has 0 aliphatic carbocycles. The second-order valence-corrected chi connectivity index (χ2v) is 9.32. The SMILES string of the molecule is [C-]#[N+]c1cc(C(=O)NC(CO)Cc2ccc(OCc3ccccc3)c(C(=O)N(C)C)c2)ccc1OC(C)C. The number of aliphatic hydroxyl groups excluding tert-OH is 1. The summed E-state index contributed by atoms with van der Waals surface area (Å²) in [6.07, 6.45) is 0.187. The Morgan fingerprint density at radius 2 is 1.71 bits per heavy atom. The summed E-state index contributed by atoms with van der Waals surface area (Å²) < 4.78 is 11.6. The molecule has 0 aliphatic rings. The van der Waals surface area contributed by atoms with Gasteiger partial charge in [-0.3, -0.25) is 9.59 Å².